The van der Waals surface area contributed by atoms with Crippen LogP contribution in [0.4, 0.5) is 0 Å². The third-order valence-corrected chi connectivity index (χ3v) is 2.48. The van der Waals surface area contributed by atoms with Gasteiger partial charge in [-0.25, -0.2) is 0 Å². The maximum absolute atomic E-state index is 5.81. The summed E-state index contributed by atoms with van der Waals surface area (Å²) in [4.78, 5) is 0. The van der Waals surface area contributed by atoms with E-state index in [1.165, 1.54) is 11.1 Å². The molecule has 0 aliphatic heterocycles. The highest BCUT2D eigenvalue weighted by Gasteiger charge is 2.24. The van der Waals surface area contributed by atoms with E-state index in [1.807, 2.05) is 12.1 Å². The summed E-state index contributed by atoms with van der Waals surface area (Å²) in [5.41, 5.74) is 8.26. The molecule has 1 atom stereocenters. The lowest BCUT2D eigenvalue weighted by atomic mass is 9.83. The Bertz CT molecular complexity index is 336. The lowest BCUT2D eigenvalue weighted by Crippen LogP contribution is -2.24. The van der Waals surface area contributed by atoms with Crippen LogP contribution in [0.1, 0.15) is 17.2 Å². The molecule has 0 aromatic heterocycles. The normalized spacial score (nSPS) is 18.8. The molecule has 0 heterocycles. The third kappa shape index (κ3) is 1.16. The van der Waals surface area contributed by atoms with E-state index in [2.05, 4.69) is 0 Å². The van der Waals surface area contributed by atoms with Gasteiger partial charge < -0.3 is 15.2 Å². The monoisotopic (exact) mass is 179 g/mol. The van der Waals surface area contributed by atoms with Crippen LogP contribution in [0, 0.1) is 0 Å². The van der Waals surface area contributed by atoms with Crippen molar-refractivity contribution >= 4 is 0 Å². The maximum atomic E-state index is 5.81. The van der Waals surface area contributed by atoms with Gasteiger partial charge in [-0.2, -0.15) is 0 Å². The predicted octanol–water partition coefficient (Wildman–Crippen LogP) is 1.26. The average molecular weight is 179 g/mol. The lowest BCUT2D eigenvalue weighted by molar-refractivity contribution is 0.352. The summed E-state index contributed by atoms with van der Waals surface area (Å²) in [6.07, 6.45) is 0.940. The third-order valence-electron chi connectivity index (χ3n) is 2.48. The first kappa shape index (κ1) is 8.38. The van der Waals surface area contributed by atoms with Crippen molar-refractivity contribution in [2.75, 3.05) is 14.2 Å². The molecule has 2 rings (SSSR count). The number of rotatable bonds is 2. The number of ether oxygens (including phenoxy) is 2. The maximum Gasteiger partial charge on any atom is 0.161 e. The van der Waals surface area contributed by atoms with Gasteiger partial charge in [-0.1, -0.05) is 0 Å². The van der Waals surface area contributed by atoms with Gasteiger partial charge >= 0.3 is 0 Å². The van der Waals surface area contributed by atoms with E-state index in [0.717, 1.165) is 17.9 Å². The summed E-state index contributed by atoms with van der Waals surface area (Å²) in [6.45, 7) is 0. The zero-order chi connectivity index (χ0) is 9.42. The minimum Gasteiger partial charge on any atom is -0.493 e. The van der Waals surface area contributed by atoms with E-state index in [9.17, 15) is 0 Å². The molecule has 0 fully saturated rings. The Balaban J connectivity index is 2.45. The van der Waals surface area contributed by atoms with Gasteiger partial charge in [-0.15, -0.1) is 0 Å². The fourth-order valence-electron chi connectivity index (χ4n) is 1.67. The molecule has 1 aliphatic carbocycles. The zero-order valence-corrected chi connectivity index (χ0v) is 7.83. The topological polar surface area (TPSA) is 44.5 Å². The molecule has 0 amide bonds. The second-order valence-electron chi connectivity index (χ2n) is 3.22. The van der Waals surface area contributed by atoms with E-state index in [0.29, 0.717) is 0 Å². The van der Waals surface area contributed by atoms with Gasteiger partial charge in [-0.05, 0) is 29.7 Å². The molecule has 1 unspecified atom stereocenters. The molecule has 0 radical (unpaired) electrons. The highest BCUT2D eigenvalue weighted by molar-refractivity contribution is 5.52. The Morgan fingerprint density at radius 1 is 1.23 bits per heavy atom. The number of hydrogen-bond donors (Lipinski definition) is 1. The fourth-order valence-corrected chi connectivity index (χ4v) is 1.67. The first-order chi connectivity index (χ1) is 6.26. The molecule has 3 heteroatoms. The highest BCUT2D eigenvalue weighted by Crippen LogP contribution is 2.39. The van der Waals surface area contributed by atoms with Gasteiger partial charge in [0.05, 0.1) is 14.2 Å². The zero-order valence-electron chi connectivity index (χ0n) is 7.83. The van der Waals surface area contributed by atoms with Crippen molar-refractivity contribution in [3.8, 4) is 11.5 Å². The van der Waals surface area contributed by atoms with Crippen molar-refractivity contribution in [3.63, 3.8) is 0 Å². The molecule has 0 bridgehead atoms. The quantitative estimate of drug-likeness (QED) is 0.743. The van der Waals surface area contributed by atoms with Crippen LogP contribution in [0.2, 0.25) is 0 Å². The summed E-state index contributed by atoms with van der Waals surface area (Å²) in [7, 11) is 3.28. The Hall–Kier alpha value is -1.22. The first-order valence-corrected chi connectivity index (χ1v) is 4.26. The Kier molecular flexibility index (Phi) is 1.88. The van der Waals surface area contributed by atoms with Gasteiger partial charge in [0.1, 0.15) is 0 Å². The molecular formula is C10H13NO2. The minimum absolute atomic E-state index is 0.176. The molecule has 2 N–H and O–H groups in total. The molecular weight excluding hydrogens is 166 g/mol. The van der Waals surface area contributed by atoms with Crippen LogP contribution in [0.15, 0.2) is 12.1 Å². The van der Waals surface area contributed by atoms with Crippen LogP contribution in [-0.4, -0.2) is 14.2 Å². The molecule has 0 spiro atoms. The number of nitrogens with two attached hydrogens (primary N) is 1. The van der Waals surface area contributed by atoms with Crippen molar-refractivity contribution in [2.45, 2.75) is 12.5 Å². The summed E-state index contributed by atoms with van der Waals surface area (Å²) < 4.78 is 10.3. The summed E-state index contributed by atoms with van der Waals surface area (Å²) in [6, 6.07) is 4.13. The van der Waals surface area contributed by atoms with Gasteiger partial charge in [0.25, 0.3) is 0 Å². The van der Waals surface area contributed by atoms with Gasteiger partial charge in [-0.3, -0.25) is 0 Å². The van der Waals surface area contributed by atoms with Crippen LogP contribution >= 0.6 is 0 Å². The second kappa shape index (κ2) is 2.92. The van der Waals surface area contributed by atoms with Crippen LogP contribution in [0.25, 0.3) is 0 Å². The number of benzene rings is 1. The molecule has 0 saturated carbocycles. The van der Waals surface area contributed by atoms with E-state index in [1.54, 1.807) is 14.2 Å². The Morgan fingerprint density at radius 2 is 1.85 bits per heavy atom. The van der Waals surface area contributed by atoms with Crippen LogP contribution < -0.4 is 15.2 Å². The van der Waals surface area contributed by atoms with E-state index in [4.69, 9.17) is 15.2 Å². The summed E-state index contributed by atoms with van der Waals surface area (Å²) in [5.74, 6) is 1.55. The minimum atomic E-state index is 0.176. The molecule has 13 heavy (non-hydrogen) atoms. The molecule has 70 valence electrons. The van der Waals surface area contributed by atoms with Crippen LogP contribution in [-0.2, 0) is 6.42 Å². The molecule has 1 aromatic rings. The molecule has 1 aromatic carbocycles. The van der Waals surface area contributed by atoms with E-state index >= 15 is 0 Å². The Labute approximate surface area is 77.5 Å². The van der Waals surface area contributed by atoms with Crippen molar-refractivity contribution in [1.29, 1.82) is 0 Å². The SMILES string of the molecule is COc1cc2c(cc1OC)C(N)C2. The smallest absolute Gasteiger partial charge is 0.161 e. The van der Waals surface area contributed by atoms with Crippen molar-refractivity contribution in [2.24, 2.45) is 5.73 Å². The van der Waals surface area contributed by atoms with Crippen LogP contribution in [0.3, 0.4) is 0 Å². The van der Waals surface area contributed by atoms with Crippen LogP contribution in [0.5, 0.6) is 11.5 Å². The molecule has 3 nitrogen and oxygen atoms in total. The average Bonchev–Trinajstić information content (AvgIpc) is 2.15. The molecule has 0 saturated heterocycles. The Morgan fingerprint density at radius 3 is 2.38 bits per heavy atom. The molecule has 1 aliphatic rings. The first-order valence-electron chi connectivity index (χ1n) is 4.26. The van der Waals surface area contributed by atoms with Crippen molar-refractivity contribution in [3.05, 3.63) is 23.3 Å². The van der Waals surface area contributed by atoms with E-state index in [-0.39, 0.29) is 6.04 Å². The summed E-state index contributed by atoms with van der Waals surface area (Å²) >= 11 is 0. The van der Waals surface area contributed by atoms with Gasteiger partial charge in [0.15, 0.2) is 11.5 Å². The fraction of sp³-hybridized carbons (Fsp3) is 0.400. The number of fused-ring (bicyclic) bond motifs is 1. The second-order valence-corrected chi connectivity index (χ2v) is 3.22. The number of methoxy groups -OCH3 is 2. The van der Waals surface area contributed by atoms with Crippen molar-refractivity contribution < 1.29 is 9.47 Å². The highest BCUT2D eigenvalue weighted by atomic mass is 16.5. The lowest BCUT2D eigenvalue weighted by Gasteiger charge is -2.27. The largest absolute Gasteiger partial charge is 0.493 e. The standard InChI is InChI=1S/C10H13NO2/c1-12-9-4-6-3-8(11)7(6)5-10(9)13-2/h4-5,8H,3,11H2,1-2H3. The van der Waals surface area contributed by atoms with E-state index < -0.39 is 0 Å². The van der Waals surface area contributed by atoms with Gasteiger partial charge in [0, 0.05) is 6.04 Å². The number of hydrogen-bond acceptors (Lipinski definition) is 3. The van der Waals surface area contributed by atoms with Gasteiger partial charge in [0.2, 0.25) is 0 Å². The predicted molar refractivity (Wildman–Crippen MR) is 50.2 cm³/mol. The summed E-state index contributed by atoms with van der Waals surface area (Å²) in [5, 5.41) is 0. The van der Waals surface area contributed by atoms with Crippen molar-refractivity contribution in [1.82, 2.24) is 0 Å².